The first-order valence-electron chi connectivity index (χ1n) is 6.35. The van der Waals surface area contributed by atoms with Crippen molar-refractivity contribution in [3.63, 3.8) is 0 Å². The molecular weight excluding hydrogens is 264 g/mol. The van der Waals surface area contributed by atoms with Gasteiger partial charge in [0.05, 0.1) is 26.4 Å². The second-order valence-corrected chi connectivity index (χ2v) is 3.42. The van der Waals surface area contributed by atoms with E-state index in [9.17, 15) is 9.59 Å². The zero-order chi connectivity index (χ0) is 15.8. The number of esters is 1. The maximum atomic E-state index is 10.3. The van der Waals surface area contributed by atoms with E-state index in [1.807, 2.05) is 6.92 Å². The smallest absolute Gasteiger partial charge is 0.331 e. The molecule has 0 atom stereocenters. The Kier molecular flexibility index (Phi) is 15.9. The molecule has 0 bridgehead atoms. The molecule has 116 valence electrons. The van der Waals surface area contributed by atoms with E-state index in [-0.39, 0.29) is 11.5 Å². The third-order valence-electron chi connectivity index (χ3n) is 1.88. The summed E-state index contributed by atoms with van der Waals surface area (Å²) >= 11 is 0. The third kappa shape index (κ3) is 16.3. The van der Waals surface area contributed by atoms with Crippen LogP contribution in [0.15, 0.2) is 24.8 Å². The SMILES string of the molecule is C=C(CCOCCOCC)C(=O)O.C=CC(=O)OCC. The molecule has 0 saturated carbocycles. The predicted octanol–water partition coefficient (Wildman–Crippen LogP) is 1.81. The molecule has 0 radical (unpaired) electrons. The molecule has 0 fully saturated rings. The fraction of sp³-hybridized carbons (Fsp3) is 0.571. The van der Waals surface area contributed by atoms with Crippen molar-refractivity contribution >= 4 is 11.9 Å². The Bertz CT molecular complexity index is 298. The average molecular weight is 288 g/mol. The molecule has 6 heteroatoms. The predicted molar refractivity (Wildman–Crippen MR) is 75.5 cm³/mol. The molecule has 0 amide bonds. The lowest BCUT2D eigenvalue weighted by atomic mass is 10.2. The lowest BCUT2D eigenvalue weighted by Crippen LogP contribution is -2.07. The van der Waals surface area contributed by atoms with Crippen molar-refractivity contribution in [2.45, 2.75) is 20.3 Å². The second-order valence-electron chi connectivity index (χ2n) is 3.42. The van der Waals surface area contributed by atoms with Crippen molar-refractivity contribution in [3.8, 4) is 0 Å². The van der Waals surface area contributed by atoms with Crippen LogP contribution < -0.4 is 0 Å². The summed E-state index contributed by atoms with van der Waals surface area (Å²) in [5.41, 5.74) is 0.177. The Hall–Kier alpha value is -1.66. The minimum atomic E-state index is -0.964. The number of rotatable bonds is 10. The quantitative estimate of drug-likeness (QED) is 0.375. The van der Waals surface area contributed by atoms with E-state index in [2.05, 4.69) is 17.9 Å². The maximum absolute atomic E-state index is 10.3. The van der Waals surface area contributed by atoms with Crippen molar-refractivity contribution in [2.75, 3.05) is 33.0 Å². The summed E-state index contributed by atoms with van der Waals surface area (Å²) in [6, 6.07) is 0. The largest absolute Gasteiger partial charge is 0.478 e. The van der Waals surface area contributed by atoms with Crippen LogP contribution in [0, 0.1) is 0 Å². The Labute approximate surface area is 120 Å². The van der Waals surface area contributed by atoms with Crippen LogP contribution in [-0.4, -0.2) is 50.1 Å². The minimum Gasteiger partial charge on any atom is -0.478 e. The van der Waals surface area contributed by atoms with Gasteiger partial charge < -0.3 is 19.3 Å². The van der Waals surface area contributed by atoms with Gasteiger partial charge in [-0.1, -0.05) is 13.2 Å². The van der Waals surface area contributed by atoms with Gasteiger partial charge in [0, 0.05) is 24.7 Å². The standard InChI is InChI=1S/C9H16O4.C5H8O2/c1-3-12-6-7-13-5-4-8(2)9(10)11;1-3-5(6)7-4-2/h2-7H2,1H3,(H,10,11);3H,1,4H2,2H3. The molecule has 0 saturated heterocycles. The zero-order valence-corrected chi connectivity index (χ0v) is 12.2. The number of aliphatic carboxylic acids is 1. The molecule has 0 aliphatic rings. The van der Waals surface area contributed by atoms with Crippen LogP contribution >= 0.6 is 0 Å². The average Bonchev–Trinajstić information content (AvgIpc) is 2.43. The van der Waals surface area contributed by atoms with E-state index in [1.165, 1.54) is 0 Å². The van der Waals surface area contributed by atoms with Gasteiger partial charge in [-0.05, 0) is 13.8 Å². The van der Waals surface area contributed by atoms with Gasteiger partial charge in [0.1, 0.15) is 0 Å². The molecule has 0 aromatic heterocycles. The van der Waals surface area contributed by atoms with Crippen LogP contribution in [0.25, 0.3) is 0 Å². The normalized spacial score (nSPS) is 9.10. The highest BCUT2D eigenvalue weighted by Crippen LogP contribution is 1.97. The van der Waals surface area contributed by atoms with E-state index < -0.39 is 5.97 Å². The summed E-state index contributed by atoms with van der Waals surface area (Å²) in [4.78, 5) is 20.4. The summed E-state index contributed by atoms with van der Waals surface area (Å²) in [6.45, 7) is 12.8. The van der Waals surface area contributed by atoms with Gasteiger partial charge in [-0.25, -0.2) is 9.59 Å². The van der Waals surface area contributed by atoms with Crippen molar-refractivity contribution in [3.05, 3.63) is 24.8 Å². The van der Waals surface area contributed by atoms with E-state index in [0.29, 0.717) is 39.5 Å². The van der Waals surface area contributed by atoms with Crippen LogP contribution in [0.1, 0.15) is 20.3 Å². The molecule has 0 aromatic carbocycles. The summed E-state index contributed by atoms with van der Waals surface area (Å²) in [7, 11) is 0. The van der Waals surface area contributed by atoms with E-state index >= 15 is 0 Å². The minimum absolute atomic E-state index is 0.177. The molecule has 0 aromatic rings. The van der Waals surface area contributed by atoms with E-state index in [4.69, 9.17) is 14.6 Å². The lowest BCUT2D eigenvalue weighted by Gasteiger charge is -2.03. The monoisotopic (exact) mass is 288 g/mol. The van der Waals surface area contributed by atoms with Gasteiger partial charge in [-0.3, -0.25) is 0 Å². The van der Waals surface area contributed by atoms with Crippen LogP contribution in [0.5, 0.6) is 0 Å². The molecule has 0 aliphatic carbocycles. The number of hydrogen-bond acceptors (Lipinski definition) is 5. The highest BCUT2D eigenvalue weighted by Gasteiger charge is 2.02. The number of carboxylic acid groups (broad SMARTS) is 1. The van der Waals surface area contributed by atoms with Gasteiger partial charge in [-0.2, -0.15) is 0 Å². The first-order valence-corrected chi connectivity index (χ1v) is 6.35. The Morgan fingerprint density at radius 2 is 1.70 bits per heavy atom. The van der Waals surface area contributed by atoms with Crippen LogP contribution in [0.3, 0.4) is 0 Å². The molecule has 6 nitrogen and oxygen atoms in total. The van der Waals surface area contributed by atoms with Gasteiger partial charge in [0.15, 0.2) is 0 Å². The topological polar surface area (TPSA) is 82.1 Å². The highest BCUT2D eigenvalue weighted by molar-refractivity contribution is 5.85. The summed E-state index contributed by atoms with van der Waals surface area (Å²) in [5, 5.41) is 8.44. The summed E-state index contributed by atoms with van der Waals surface area (Å²) in [6.07, 6.45) is 1.50. The first kappa shape index (κ1) is 20.7. The molecule has 1 N–H and O–H groups in total. The fourth-order valence-electron chi connectivity index (χ4n) is 0.868. The molecule has 0 aliphatic heterocycles. The Morgan fingerprint density at radius 3 is 2.10 bits per heavy atom. The number of hydrogen-bond donors (Lipinski definition) is 1. The molecule has 0 unspecified atom stereocenters. The Morgan fingerprint density at radius 1 is 1.10 bits per heavy atom. The second kappa shape index (κ2) is 15.4. The zero-order valence-electron chi connectivity index (χ0n) is 12.2. The van der Waals surface area contributed by atoms with E-state index in [1.54, 1.807) is 6.92 Å². The number of carboxylic acids is 1. The van der Waals surface area contributed by atoms with Crippen molar-refractivity contribution in [1.29, 1.82) is 0 Å². The summed E-state index contributed by atoms with van der Waals surface area (Å²) in [5.74, 6) is -1.32. The van der Waals surface area contributed by atoms with Gasteiger partial charge in [0.25, 0.3) is 0 Å². The molecular formula is C14H24O6. The fourth-order valence-corrected chi connectivity index (χ4v) is 0.868. The lowest BCUT2D eigenvalue weighted by molar-refractivity contribution is -0.137. The maximum Gasteiger partial charge on any atom is 0.331 e. The third-order valence-corrected chi connectivity index (χ3v) is 1.88. The number of carbonyl (C=O) groups is 2. The van der Waals surface area contributed by atoms with Crippen molar-refractivity contribution < 1.29 is 28.9 Å². The number of ether oxygens (including phenoxy) is 3. The first-order chi connectivity index (χ1) is 9.49. The molecule has 0 spiro atoms. The van der Waals surface area contributed by atoms with Gasteiger partial charge in [0.2, 0.25) is 0 Å². The van der Waals surface area contributed by atoms with Crippen LogP contribution in [0.2, 0.25) is 0 Å². The Balaban J connectivity index is 0. The van der Waals surface area contributed by atoms with Crippen LogP contribution in [-0.2, 0) is 23.8 Å². The van der Waals surface area contributed by atoms with E-state index in [0.717, 1.165) is 6.08 Å². The molecule has 0 heterocycles. The van der Waals surface area contributed by atoms with Gasteiger partial charge in [-0.15, -0.1) is 0 Å². The number of carbonyl (C=O) groups excluding carboxylic acids is 1. The molecule has 0 rings (SSSR count). The molecule has 20 heavy (non-hydrogen) atoms. The van der Waals surface area contributed by atoms with Gasteiger partial charge >= 0.3 is 11.9 Å². The highest BCUT2D eigenvalue weighted by atomic mass is 16.5. The van der Waals surface area contributed by atoms with Crippen LogP contribution in [0.4, 0.5) is 0 Å². The van der Waals surface area contributed by atoms with Crippen molar-refractivity contribution in [2.24, 2.45) is 0 Å². The van der Waals surface area contributed by atoms with Crippen molar-refractivity contribution in [1.82, 2.24) is 0 Å². The summed E-state index contributed by atoms with van der Waals surface area (Å²) < 4.78 is 14.6.